The van der Waals surface area contributed by atoms with Crippen molar-refractivity contribution in [3.05, 3.63) is 213 Å². The minimum absolute atomic E-state index is 0.375. The van der Waals surface area contributed by atoms with Crippen molar-refractivity contribution >= 4 is 41.5 Å². The Morgan fingerprint density at radius 3 is 1.26 bits per heavy atom. The molecular formula is C42H42N4O6P2. The SMILES string of the molecule is CC(=NP(=O)(c1ccccc1)c1ccccc1)c1ccccc1.C[C@@](C[N+](=O)[O-])(NP(=O)(c1ccccc1)c1ccccc1)c1ccccc1.C[N+](=O)[O-]. The number of nitro groups is 2. The second-order valence-corrected chi connectivity index (χ2v) is 17.2. The molecule has 1 N–H and O–H groups in total. The summed E-state index contributed by atoms with van der Waals surface area (Å²) in [6.07, 6.45) is 0. The van der Waals surface area contributed by atoms with E-state index in [1.165, 1.54) is 0 Å². The van der Waals surface area contributed by atoms with Crippen molar-refractivity contribution in [2.75, 3.05) is 13.6 Å². The van der Waals surface area contributed by atoms with Crippen molar-refractivity contribution in [3.63, 3.8) is 0 Å². The predicted octanol–water partition coefficient (Wildman–Crippen LogP) is 8.01. The van der Waals surface area contributed by atoms with E-state index in [2.05, 4.69) is 5.09 Å². The number of hydrogen-bond donors (Lipinski definition) is 1. The highest BCUT2D eigenvalue weighted by Gasteiger charge is 2.41. The van der Waals surface area contributed by atoms with E-state index in [4.69, 9.17) is 14.9 Å². The third-order valence-corrected chi connectivity index (χ3v) is 13.6. The van der Waals surface area contributed by atoms with Crippen LogP contribution in [0, 0.1) is 20.2 Å². The molecule has 276 valence electrons. The van der Waals surface area contributed by atoms with Gasteiger partial charge in [-0.2, -0.15) is 0 Å². The third kappa shape index (κ3) is 11.1. The molecule has 1 atom stereocenters. The molecule has 0 aliphatic carbocycles. The second-order valence-electron chi connectivity index (χ2n) is 12.3. The fraction of sp³-hybridized carbons (Fsp3) is 0.119. The van der Waals surface area contributed by atoms with Crippen LogP contribution in [0.2, 0.25) is 0 Å². The summed E-state index contributed by atoms with van der Waals surface area (Å²) in [4.78, 5) is 19.4. The Morgan fingerprint density at radius 2 is 0.907 bits per heavy atom. The quantitative estimate of drug-likeness (QED) is 0.0610. The summed E-state index contributed by atoms with van der Waals surface area (Å²) in [7, 11) is -5.49. The van der Waals surface area contributed by atoms with Crippen molar-refractivity contribution in [3.8, 4) is 0 Å². The molecule has 0 fully saturated rings. The fourth-order valence-corrected chi connectivity index (χ4v) is 10.5. The predicted molar refractivity (Wildman–Crippen MR) is 220 cm³/mol. The first-order chi connectivity index (χ1) is 25.9. The van der Waals surface area contributed by atoms with Crippen LogP contribution >= 0.6 is 14.6 Å². The van der Waals surface area contributed by atoms with Gasteiger partial charge in [-0.3, -0.25) is 29.4 Å². The van der Waals surface area contributed by atoms with E-state index in [0.717, 1.165) is 28.9 Å². The summed E-state index contributed by atoms with van der Waals surface area (Å²) in [5.41, 5.74) is 1.38. The lowest BCUT2D eigenvalue weighted by Crippen LogP contribution is -2.47. The molecule has 0 saturated heterocycles. The Kier molecular flexibility index (Phi) is 14.7. The highest BCUT2D eigenvalue weighted by atomic mass is 31.2. The van der Waals surface area contributed by atoms with E-state index in [-0.39, 0.29) is 11.5 Å². The van der Waals surface area contributed by atoms with Gasteiger partial charge in [0.15, 0.2) is 7.05 Å². The summed E-state index contributed by atoms with van der Waals surface area (Å²) in [5, 5.41) is 26.2. The minimum atomic E-state index is -3.32. The molecule has 0 radical (unpaired) electrons. The summed E-state index contributed by atoms with van der Waals surface area (Å²) >= 11 is 0. The molecule has 54 heavy (non-hydrogen) atoms. The van der Waals surface area contributed by atoms with Crippen LogP contribution in [0.3, 0.4) is 0 Å². The normalized spacial score (nSPS) is 12.5. The van der Waals surface area contributed by atoms with Crippen molar-refractivity contribution in [1.82, 2.24) is 5.09 Å². The van der Waals surface area contributed by atoms with Gasteiger partial charge in [0, 0.05) is 36.8 Å². The molecule has 0 saturated carbocycles. The molecule has 0 aliphatic rings. The molecule has 0 unspecified atom stereocenters. The van der Waals surface area contributed by atoms with Gasteiger partial charge in [0.05, 0.1) is 0 Å². The lowest BCUT2D eigenvalue weighted by Gasteiger charge is -2.33. The van der Waals surface area contributed by atoms with E-state index < -0.39 is 25.0 Å². The first-order valence-corrected chi connectivity index (χ1v) is 20.3. The zero-order valence-corrected chi connectivity index (χ0v) is 32.0. The van der Waals surface area contributed by atoms with Gasteiger partial charge in [0.1, 0.15) is 5.54 Å². The second kappa shape index (κ2) is 19.3. The Balaban J connectivity index is 0.000000221. The van der Waals surface area contributed by atoms with Gasteiger partial charge >= 0.3 is 0 Å². The zero-order chi connectivity index (χ0) is 39.0. The van der Waals surface area contributed by atoms with E-state index in [1.54, 1.807) is 31.2 Å². The van der Waals surface area contributed by atoms with Gasteiger partial charge < -0.3 is 0 Å². The summed E-state index contributed by atoms with van der Waals surface area (Å²) < 4.78 is 32.8. The Bertz CT molecular complexity index is 2120. The van der Waals surface area contributed by atoms with Gasteiger partial charge in [0.25, 0.3) is 0 Å². The van der Waals surface area contributed by atoms with Gasteiger partial charge in [-0.1, -0.05) is 133 Å². The van der Waals surface area contributed by atoms with Crippen molar-refractivity contribution in [1.29, 1.82) is 0 Å². The van der Waals surface area contributed by atoms with Gasteiger partial charge in [-0.25, -0.2) is 9.85 Å². The molecule has 0 amide bonds. The topological polar surface area (TPSA) is 145 Å². The molecular weight excluding hydrogens is 718 g/mol. The van der Waals surface area contributed by atoms with Gasteiger partial charge in [0.2, 0.25) is 21.1 Å². The van der Waals surface area contributed by atoms with E-state index >= 15 is 0 Å². The lowest BCUT2D eigenvalue weighted by molar-refractivity contribution is -0.490. The zero-order valence-electron chi connectivity index (χ0n) is 30.2. The van der Waals surface area contributed by atoms with Crippen LogP contribution in [0.4, 0.5) is 0 Å². The van der Waals surface area contributed by atoms with Crippen LogP contribution < -0.4 is 26.3 Å². The van der Waals surface area contributed by atoms with Crippen LogP contribution in [-0.4, -0.2) is 29.2 Å². The fourth-order valence-electron chi connectivity index (χ4n) is 5.63. The third-order valence-electron chi connectivity index (χ3n) is 8.19. The molecule has 0 spiro atoms. The molecule has 0 aromatic heterocycles. The van der Waals surface area contributed by atoms with Crippen molar-refractivity contribution in [2.24, 2.45) is 4.76 Å². The Morgan fingerprint density at radius 1 is 0.593 bits per heavy atom. The van der Waals surface area contributed by atoms with Crippen LogP contribution in [0.5, 0.6) is 0 Å². The first-order valence-electron chi connectivity index (χ1n) is 17.0. The summed E-state index contributed by atoms with van der Waals surface area (Å²) in [5.74, 6) is 0. The maximum absolute atomic E-state index is 14.3. The number of benzene rings is 6. The Hall–Kier alpha value is -5.79. The summed E-state index contributed by atoms with van der Waals surface area (Å²) in [6, 6.07) is 56.1. The van der Waals surface area contributed by atoms with E-state index in [9.17, 15) is 19.2 Å². The number of nitrogens with zero attached hydrogens (tertiary/aromatic N) is 3. The highest BCUT2D eigenvalue weighted by molar-refractivity contribution is 7.77. The molecule has 0 heterocycles. The van der Waals surface area contributed by atoms with Gasteiger partial charge in [-0.15, -0.1) is 0 Å². The first kappa shape index (κ1) is 41.0. The highest BCUT2D eigenvalue weighted by Crippen LogP contribution is 2.46. The monoisotopic (exact) mass is 760 g/mol. The summed E-state index contributed by atoms with van der Waals surface area (Å²) in [6.45, 7) is 3.25. The number of rotatable bonds is 11. The maximum Gasteiger partial charge on any atom is 0.247 e. The smallest absolute Gasteiger partial charge is 0.247 e. The molecule has 12 heteroatoms. The van der Waals surface area contributed by atoms with Crippen molar-refractivity contribution < 1.29 is 19.0 Å². The van der Waals surface area contributed by atoms with Crippen LogP contribution in [-0.2, 0) is 14.7 Å². The molecule has 0 bridgehead atoms. The molecule has 6 aromatic rings. The van der Waals surface area contributed by atoms with E-state index in [1.807, 2.05) is 165 Å². The number of hydrogen-bond acceptors (Lipinski definition) is 6. The van der Waals surface area contributed by atoms with Crippen LogP contribution in [0.15, 0.2) is 187 Å². The molecule has 0 aliphatic heterocycles. The average Bonchev–Trinajstić information content (AvgIpc) is 3.19. The minimum Gasteiger partial charge on any atom is -0.296 e. The largest absolute Gasteiger partial charge is 0.296 e. The maximum atomic E-state index is 14.3. The van der Waals surface area contributed by atoms with Crippen molar-refractivity contribution in [2.45, 2.75) is 19.4 Å². The lowest BCUT2D eigenvalue weighted by atomic mass is 9.93. The van der Waals surface area contributed by atoms with Gasteiger partial charge in [-0.05, 0) is 73.5 Å². The Labute approximate surface area is 315 Å². The van der Waals surface area contributed by atoms with E-state index in [0.29, 0.717) is 16.2 Å². The molecule has 6 aromatic carbocycles. The standard InChI is InChI=1S/C21H21N2O3P.C20H18NOP.CH3NO2/c1-21(17-23(24)25,18-11-5-2-6-12-18)22-27(26,19-13-7-3-8-14-19)20-15-9-4-10-16-20;1-17(18-11-5-2-6-12-18)21-23(22,19-13-7-3-8-14-19)20-15-9-4-10-16-20;1-2(3)4/h2-16H,17H2,1H3,(H,22,26);2-16H,1H3;1H3/t21-;;/m0../s1. The molecule has 10 nitrogen and oxygen atoms in total. The van der Waals surface area contributed by atoms with Crippen LogP contribution in [0.25, 0.3) is 0 Å². The van der Waals surface area contributed by atoms with Crippen LogP contribution in [0.1, 0.15) is 25.0 Å². The average molecular weight is 761 g/mol. The number of nitrogens with one attached hydrogen (secondary N) is 1. The molecule has 6 rings (SSSR count).